The van der Waals surface area contributed by atoms with Crippen molar-refractivity contribution < 1.29 is 8.60 Å². The Hall–Kier alpha value is -0.920. The fourth-order valence-electron chi connectivity index (χ4n) is 2.45. The lowest BCUT2D eigenvalue weighted by Crippen LogP contribution is -2.23. The van der Waals surface area contributed by atoms with E-state index in [4.69, 9.17) is 11.6 Å². The minimum Gasteiger partial charge on any atom is -0.254 e. The highest BCUT2D eigenvalue weighted by molar-refractivity contribution is 7.85. The Morgan fingerprint density at radius 3 is 2.74 bits per heavy atom. The van der Waals surface area contributed by atoms with E-state index in [0.717, 1.165) is 32.1 Å². The van der Waals surface area contributed by atoms with Crippen LogP contribution in [0, 0.1) is 23.1 Å². The van der Waals surface area contributed by atoms with Crippen molar-refractivity contribution >= 4 is 22.4 Å². The third kappa shape index (κ3) is 3.34. The minimum atomic E-state index is -1.30. The Labute approximate surface area is 120 Å². The molecule has 2 nitrogen and oxygen atoms in total. The van der Waals surface area contributed by atoms with Gasteiger partial charge >= 0.3 is 0 Å². The van der Waals surface area contributed by atoms with Crippen LogP contribution in [-0.2, 0) is 10.8 Å². The molecule has 0 radical (unpaired) electrons. The van der Waals surface area contributed by atoms with Crippen LogP contribution in [0.4, 0.5) is 4.39 Å². The monoisotopic (exact) mass is 299 g/mol. The van der Waals surface area contributed by atoms with Crippen molar-refractivity contribution in [3.05, 3.63) is 29.0 Å². The first-order valence-electron chi connectivity index (χ1n) is 6.38. The molecule has 1 fully saturated rings. The van der Waals surface area contributed by atoms with Gasteiger partial charge in [-0.15, -0.1) is 0 Å². The van der Waals surface area contributed by atoms with Crippen molar-refractivity contribution in [2.75, 3.05) is 0 Å². The van der Waals surface area contributed by atoms with Gasteiger partial charge in [0.1, 0.15) is 5.82 Å². The molecule has 3 unspecified atom stereocenters. The molecule has 0 aromatic heterocycles. The first kappa shape index (κ1) is 14.5. The molecule has 2 rings (SSSR count). The van der Waals surface area contributed by atoms with Gasteiger partial charge in [-0.25, -0.2) is 4.39 Å². The molecule has 0 spiro atoms. The molecule has 1 aliphatic rings. The van der Waals surface area contributed by atoms with Crippen molar-refractivity contribution in [2.24, 2.45) is 5.92 Å². The van der Waals surface area contributed by atoms with E-state index >= 15 is 0 Å². The van der Waals surface area contributed by atoms with Crippen LogP contribution in [0.2, 0.25) is 5.02 Å². The zero-order chi connectivity index (χ0) is 13.8. The molecule has 1 aliphatic carbocycles. The molecule has 102 valence electrons. The fourth-order valence-corrected chi connectivity index (χ4v) is 4.36. The molecule has 0 N–H and O–H groups in total. The highest BCUT2D eigenvalue weighted by Gasteiger charge is 2.29. The first-order chi connectivity index (χ1) is 9.13. The molecule has 0 saturated heterocycles. The maximum Gasteiger partial charge on any atom is 0.141 e. The summed E-state index contributed by atoms with van der Waals surface area (Å²) in [6.07, 6.45) is 4.65. The van der Waals surface area contributed by atoms with Crippen LogP contribution >= 0.6 is 11.6 Å². The number of nitrogens with zero attached hydrogens (tertiary/aromatic N) is 1. The van der Waals surface area contributed by atoms with Crippen molar-refractivity contribution in [1.29, 1.82) is 5.26 Å². The van der Waals surface area contributed by atoms with Crippen molar-refractivity contribution in [3.8, 4) is 6.07 Å². The van der Waals surface area contributed by atoms with E-state index < -0.39 is 16.6 Å². The van der Waals surface area contributed by atoms with E-state index in [1.807, 2.05) is 0 Å². The molecular weight excluding hydrogens is 285 g/mol. The highest BCUT2D eigenvalue weighted by Crippen LogP contribution is 2.30. The summed E-state index contributed by atoms with van der Waals surface area (Å²) in [5.74, 6) is -0.702. The molecule has 5 heteroatoms. The first-order valence-corrected chi connectivity index (χ1v) is 7.98. The molecule has 0 bridgehead atoms. The second kappa shape index (κ2) is 6.49. The zero-order valence-electron chi connectivity index (χ0n) is 10.4. The molecular formula is C14H15ClFNOS. The van der Waals surface area contributed by atoms with Crippen LogP contribution in [0.5, 0.6) is 0 Å². The van der Waals surface area contributed by atoms with Crippen molar-refractivity contribution in [2.45, 2.75) is 42.2 Å². The molecule has 1 aromatic rings. The SMILES string of the molecule is N#CC1CCCCCC1S(=O)c1ccc(F)c(Cl)c1. The predicted molar refractivity (Wildman–Crippen MR) is 73.8 cm³/mol. The van der Waals surface area contributed by atoms with Crippen LogP contribution in [0.1, 0.15) is 32.1 Å². The van der Waals surface area contributed by atoms with Gasteiger partial charge in [0.15, 0.2) is 0 Å². The topological polar surface area (TPSA) is 40.9 Å². The Morgan fingerprint density at radius 1 is 1.32 bits per heavy atom. The number of halogens is 2. The second-order valence-corrected chi connectivity index (χ2v) is 6.86. The van der Waals surface area contributed by atoms with Gasteiger partial charge in [0.05, 0.1) is 33.1 Å². The third-order valence-electron chi connectivity index (χ3n) is 3.52. The molecule has 0 heterocycles. The molecule has 0 aliphatic heterocycles. The van der Waals surface area contributed by atoms with E-state index in [2.05, 4.69) is 6.07 Å². The van der Waals surface area contributed by atoms with E-state index in [1.165, 1.54) is 18.2 Å². The number of benzene rings is 1. The minimum absolute atomic E-state index is 0.0204. The van der Waals surface area contributed by atoms with Crippen LogP contribution in [0.25, 0.3) is 0 Å². The summed E-state index contributed by atoms with van der Waals surface area (Å²) in [7, 11) is -1.30. The molecule has 0 amide bonds. The van der Waals surface area contributed by atoms with Gasteiger partial charge in [0.2, 0.25) is 0 Å². The average Bonchev–Trinajstić information content (AvgIpc) is 2.66. The van der Waals surface area contributed by atoms with Crippen LogP contribution < -0.4 is 0 Å². The van der Waals surface area contributed by atoms with E-state index in [-0.39, 0.29) is 16.2 Å². The number of rotatable bonds is 2. The smallest absolute Gasteiger partial charge is 0.141 e. The fraction of sp³-hybridized carbons (Fsp3) is 0.500. The van der Waals surface area contributed by atoms with Gasteiger partial charge in [-0.3, -0.25) is 4.21 Å². The second-order valence-electron chi connectivity index (χ2n) is 4.79. The van der Waals surface area contributed by atoms with Gasteiger partial charge in [0, 0.05) is 4.90 Å². The van der Waals surface area contributed by atoms with E-state index in [0.29, 0.717) is 4.90 Å². The van der Waals surface area contributed by atoms with Gasteiger partial charge in [-0.05, 0) is 31.0 Å². The summed E-state index contributed by atoms with van der Waals surface area (Å²) >= 11 is 5.72. The van der Waals surface area contributed by atoms with Crippen molar-refractivity contribution in [1.82, 2.24) is 0 Å². The zero-order valence-corrected chi connectivity index (χ0v) is 12.0. The summed E-state index contributed by atoms with van der Waals surface area (Å²) < 4.78 is 25.7. The summed E-state index contributed by atoms with van der Waals surface area (Å²) in [6, 6.07) is 6.41. The highest BCUT2D eigenvalue weighted by atomic mass is 35.5. The lowest BCUT2D eigenvalue weighted by molar-refractivity contribution is 0.564. The van der Waals surface area contributed by atoms with Crippen LogP contribution in [0.15, 0.2) is 23.1 Å². The Bertz CT molecular complexity index is 529. The van der Waals surface area contributed by atoms with Crippen LogP contribution in [-0.4, -0.2) is 9.46 Å². The summed E-state index contributed by atoms with van der Waals surface area (Å²) in [5, 5.41) is 9.02. The summed E-state index contributed by atoms with van der Waals surface area (Å²) in [4.78, 5) is 0.513. The van der Waals surface area contributed by atoms with Gasteiger partial charge < -0.3 is 0 Å². The quantitative estimate of drug-likeness (QED) is 0.773. The van der Waals surface area contributed by atoms with Gasteiger partial charge in [0.25, 0.3) is 0 Å². The van der Waals surface area contributed by atoms with Gasteiger partial charge in [-0.1, -0.05) is 30.9 Å². The molecule has 19 heavy (non-hydrogen) atoms. The maximum absolute atomic E-state index is 13.1. The molecule has 1 aromatic carbocycles. The van der Waals surface area contributed by atoms with Crippen LogP contribution in [0.3, 0.4) is 0 Å². The van der Waals surface area contributed by atoms with Crippen molar-refractivity contribution in [3.63, 3.8) is 0 Å². The number of hydrogen-bond donors (Lipinski definition) is 0. The maximum atomic E-state index is 13.1. The summed E-state index contributed by atoms with van der Waals surface area (Å²) in [6.45, 7) is 0. The Kier molecular flexibility index (Phi) is 4.95. The third-order valence-corrected chi connectivity index (χ3v) is 5.64. The molecule has 3 atom stereocenters. The molecule has 1 saturated carbocycles. The lowest BCUT2D eigenvalue weighted by Gasteiger charge is -2.18. The summed E-state index contributed by atoms with van der Waals surface area (Å²) in [5.41, 5.74) is 0. The Morgan fingerprint density at radius 2 is 2.05 bits per heavy atom. The number of nitriles is 1. The Balaban J connectivity index is 2.25. The van der Waals surface area contributed by atoms with E-state index in [9.17, 15) is 13.9 Å². The van der Waals surface area contributed by atoms with Gasteiger partial charge in [-0.2, -0.15) is 5.26 Å². The lowest BCUT2D eigenvalue weighted by atomic mass is 10.0. The standard InChI is InChI=1S/C14H15ClFNOS/c15-12-8-11(6-7-13(12)16)19(18)14-5-3-1-2-4-10(14)9-17/h6-8,10,14H,1-5H2. The normalized spacial score (nSPS) is 25.3. The van der Waals surface area contributed by atoms with E-state index in [1.54, 1.807) is 0 Å². The largest absolute Gasteiger partial charge is 0.254 e. The predicted octanol–water partition coefficient (Wildman–Crippen LogP) is 4.06. The average molecular weight is 300 g/mol. The number of hydrogen-bond acceptors (Lipinski definition) is 2.